The van der Waals surface area contributed by atoms with Gasteiger partial charge in [0.05, 0.1) is 13.2 Å². The SMILES string of the molecule is CCC(N[C@@H](C)c1cccc(OC)c1)C(N)=O. The van der Waals surface area contributed by atoms with E-state index in [1.165, 1.54) is 0 Å². The zero-order valence-corrected chi connectivity index (χ0v) is 10.6. The minimum atomic E-state index is -0.317. The quantitative estimate of drug-likeness (QED) is 0.788. The van der Waals surface area contributed by atoms with Crippen LogP contribution in [-0.2, 0) is 4.79 Å². The molecule has 0 aromatic heterocycles. The fourth-order valence-electron chi connectivity index (χ4n) is 1.71. The van der Waals surface area contributed by atoms with Crippen molar-refractivity contribution in [3.63, 3.8) is 0 Å². The second-order valence-electron chi connectivity index (χ2n) is 4.03. The van der Waals surface area contributed by atoms with Gasteiger partial charge in [0.25, 0.3) is 0 Å². The molecule has 0 radical (unpaired) electrons. The lowest BCUT2D eigenvalue weighted by atomic mass is 10.1. The number of benzene rings is 1. The summed E-state index contributed by atoms with van der Waals surface area (Å²) in [5.41, 5.74) is 6.38. The summed E-state index contributed by atoms with van der Waals surface area (Å²) in [5, 5.41) is 3.20. The predicted molar refractivity (Wildman–Crippen MR) is 67.8 cm³/mol. The highest BCUT2D eigenvalue weighted by atomic mass is 16.5. The molecule has 1 aromatic carbocycles. The van der Waals surface area contributed by atoms with E-state index in [2.05, 4.69) is 5.32 Å². The lowest BCUT2D eigenvalue weighted by Gasteiger charge is -2.20. The number of nitrogens with two attached hydrogens (primary N) is 1. The Morgan fingerprint density at radius 2 is 2.24 bits per heavy atom. The highest BCUT2D eigenvalue weighted by Crippen LogP contribution is 2.19. The number of carbonyl (C=O) groups excluding carboxylic acids is 1. The molecule has 0 spiro atoms. The van der Waals surface area contributed by atoms with E-state index in [1.807, 2.05) is 38.1 Å². The molecule has 94 valence electrons. The molecular formula is C13H20N2O2. The molecule has 0 aliphatic rings. The van der Waals surface area contributed by atoms with Crippen LogP contribution in [0.4, 0.5) is 0 Å². The van der Waals surface area contributed by atoms with Gasteiger partial charge >= 0.3 is 0 Å². The van der Waals surface area contributed by atoms with Crippen molar-refractivity contribution in [2.75, 3.05) is 7.11 Å². The van der Waals surface area contributed by atoms with Crippen molar-refractivity contribution >= 4 is 5.91 Å². The standard InChI is InChI=1S/C13H20N2O2/c1-4-12(13(14)16)15-9(2)10-6-5-7-11(8-10)17-3/h5-9,12,15H,4H2,1-3H3,(H2,14,16)/t9-,12?/m0/s1. The van der Waals surface area contributed by atoms with Gasteiger partial charge in [-0.05, 0) is 31.0 Å². The molecule has 17 heavy (non-hydrogen) atoms. The molecule has 0 heterocycles. The second kappa shape index (κ2) is 6.25. The van der Waals surface area contributed by atoms with Gasteiger partial charge in [0.2, 0.25) is 5.91 Å². The molecule has 0 bridgehead atoms. The summed E-state index contributed by atoms with van der Waals surface area (Å²) in [6.07, 6.45) is 0.684. The molecule has 4 nitrogen and oxygen atoms in total. The van der Waals surface area contributed by atoms with Crippen LogP contribution >= 0.6 is 0 Å². The van der Waals surface area contributed by atoms with Crippen LogP contribution in [0.3, 0.4) is 0 Å². The molecular weight excluding hydrogens is 216 g/mol. The smallest absolute Gasteiger partial charge is 0.234 e. The zero-order valence-electron chi connectivity index (χ0n) is 10.6. The molecule has 0 aliphatic heterocycles. The Hall–Kier alpha value is -1.55. The maximum absolute atomic E-state index is 11.2. The van der Waals surface area contributed by atoms with Crippen molar-refractivity contribution < 1.29 is 9.53 Å². The van der Waals surface area contributed by atoms with Crippen LogP contribution in [0.5, 0.6) is 5.75 Å². The minimum Gasteiger partial charge on any atom is -0.497 e. The zero-order chi connectivity index (χ0) is 12.8. The van der Waals surface area contributed by atoms with Crippen LogP contribution in [-0.4, -0.2) is 19.1 Å². The average Bonchev–Trinajstić information content (AvgIpc) is 2.35. The predicted octanol–water partition coefficient (Wildman–Crippen LogP) is 1.61. The first-order valence-electron chi connectivity index (χ1n) is 5.77. The van der Waals surface area contributed by atoms with Crippen LogP contribution in [0.15, 0.2) is 24.3 Å². The number of ether oxygens (including phenoxy) is 1. The summed E-state index contributed by atoms with van der Waals surface area (Å²) in [6, 6.07) is 7.53. The van der Waals surface area contributed by atoms with Crippen molar-refractivity contribution in [3.05, 3.63) is 29.8 Å². The van der Waals surface area contributed by atoms with Gasteiger partial charge in [-0.3, -0.25) is 10.1 Å². The average molecular weight is 236 g/mol. The van der Waals surface area contributed by atoms with Gasteiger partial charge in [-0.1, -0.05) is 19.1 Å². The maximum Gasteiger partial charge on any atom is 0.234 e. The van der Waals surface area contributed by atoms with Crippen LogP contribution in [0.2, 0.25) is 0 Å². The Balaban J connectivity index is 2.74. The lowest BCUT2D eigenvalue weighted by Crippen LogP contribution is -2.41. The first-order chi connectivity index (χ1) is 8.08. The summed E-state index contributed by atoms with van der Waals surface area (Å²) in [7, 11) is 1.63. The third kappa shape index (κ3) is 3.75. The molecule has 1 amide bonds. The molecule has 2 atom stereocenters. The number of rotatable bonds is 6. The van der Waals surface area contributed by atoms with Crippen LogP contribution in [0, 0.1) is 0 Å². The fraction of sp³-hybridized carbons (Fsp3) is 0.462. The number of amides is 1. The normalized spacial score (nSPS) is 14.1. The highest BCUT2D eigenvalue weighted by Gasteiger charge is 2.16. The highest BCUT2D eigenvalue weighted by molar-refractivity contribution is 5.79. The van der Waals surface area contributed by atoms with E-state index in [9.17, 15) is 4.79 Å². The van der Waals surface area contributed by atoms with Gasteiger partial charge in [-0.15, -0.1) is 0 Å². The van der Waals surface area contributed by atoms with E-state index in [0.29, 0.717) is 6.42 Å². The summed E-state index contributed by atoms with van der Waals surface area (Å²) in [5.74, 6) is 0.491. The lowest BCUT2D eigenvalue weighted by molar-refractivity contribution is -0.120. The van der Waals surface area contributed by atoms with E-state index in [0.717, 1.165) is 11.3 Å². The van der Waals surface area contributed by atoms with Gasteiger partial charge in [0.15, 0.2) is 0 Å². The summed E-state index contributed by atoms with van der Waals surface area (Å²) < 4.78 is 5.16. The second-order valence-corrected chi connectivity index (χ2v) is 4.03. The maximum atomic E-state index is 11.2. The molecule has 1 unspecified atom stereocenters. The molecule has 0 aliphatic carbocycles. The fourth-order valence-corrected chi connectivity index (χ4v) is 1.71. The number of nitrogens with one attached hydrogen (secondary N) is 1. The van der Waals surface area contributed by atoms with Gasteiger partial charge in [-0.2, -0.15) is 0 Å². The van der Waals surface area contributed by atoms with E-state index in [4.69, 9.17) is 10.5 Å². The molecule has 1 rings (SSSR count). The molecule has 3 N–H and O–H groups in total. The van der Waals surface area contributed by atoms with Gasteiger partial charge in [0, 0.05) is 6.04 Å². The Labute approximate surface area is 102 Å². The third-order valence-electron chi connectivity index (χ3n) is 2.80. The first kappa shape index (κ1) is 13.5. The number of hydrogen-bond donors (Lipinski definition) is 2. The molecule has 4 heteroatoms. The minimum absolute atomic E-state index is 0.0579. The molecule has 1 aromatic rings. The van der Waals surface area contributed by atoms with Gasteiger partial charge < -0.3 is 10.5 Å². The number of methoxy groups -OCH3 is 1. The van der Waals surface area contributed by atoms with Crippen molar-refractivity contribution in [1.29, 1.82) is 0 Å². The number of carbonyl (C=O) groups is 1. The van der Waals surface area contributed by atoms with E-state index < -0.39 is 0 Å². The van der Waals surface area contributed by atoms with E-state index in [1.54, 1.807) is 7.11 Å². The topological polar surface area (TPSA) is 64.3 Å². The van der Waals surface area contributed by atoms with Gasteiger partial charge in [0.1, 0.15) is 5.75 Å². The Morgan fingerprint density at radius 1 is 1.53 bits per heavy atom. The number of hydrogen-bond acceptors (Lipinski definition) is 3. The van der Waals surface area contributed by atoms with Crippen LogP contribution < -0.4 is 15.8 Å². The van der Waals surface area contributed by atoms with Crippen molar-refractivity contribution in [2.24, 2.45) is 5.73 Å². The van der Waals surface area contributed by atoms with Crippen LogP contribution in [0.1, 0.15) is 31.9 Å². The monoisotopic (exact) mass is 236 g/mol. The largest absolute Gasteiger partial charge is 0.497 e. The molecule has 0 saturated heterocycles. The van der Waals surface area contributed by atoms with Crippen molar-refractivity contribution in [2.45, 2.75) is 32.4 Å². The molecule has 0 fully saturated rings. The van der Waals surface area contributed by atoms with Crippen molar-refractivity contribution in [1.82, 2.24) is 5.32 Å². The van der Waals surface area contributed by atoms with Crippen LogP contribution in [0.25, 0.3) is 0 Å². The summed E-state index contributed by atoms with van der Waals surface area (Å²) >= 11 is 0. The first-order valence-corrected chi connectivity index (χ1v) is 5.77. The van der Waals surface area contributed by atoms with Crippen molar-refractivity contribution in [3.8, 4) is 5.75 Å². The number of primary amides is 1. The molecule has 0 saturated carbocycles. The summed E-state index contributed by atoms with van der Waals surface area (Å²) in [6.45, 7) is 3.93. The van der Waals surface area contributed by atoms with E-state index >= 15 is 0 Å². The Bertz CT molecular complexity index is 379. The van der Waals surface area contributed by atoms with Gasteiger partial charge in [-0.25, -0.2) is 0 Å². The Morgan fingerprint density at radius 3 is 2.76 bits per heavy atom. The Kier molecular flexibility index (Phi) is 4.97. The third-order valence-corrected chi connectivity index (χ3v) is 2.80. The summed E-state index contributed by atoms with van der Waals surface area (Å²) in [4.78, 5) is 11.2. The van der Waals surface area contributed by atoms with E-state index in [-0.39, 0.29) is 18.0 Å².